The van der Waals surface area contributed by atoms with Crippen LogP contribution >= 0.6 is 0 Å². The van der Waals surface area contributed by atoms with Gasteiger partial charge >= 0.3 is 42.0 Å². The summed E-state index contributed by atoms with van der Waals surface area (Å²) in [5.74, 6) is 0. The van der Waals surface area contributed by atoms with Crippen molar-refractivity contribution in [3.05, 3.63) is 12.7 Å². The SMILES string of the molecule is C=C[C](=O)[Ti].[Cu]. The fourth-order valence-electron chi connectivity index (χ4n) is 0. The first-order valence-corrected chi connectivity index (χ1v) is 1.93. The van der Waals surface area contributed by atoms with Gasteiger partial charge in [-0.15, -0.1) is 0 Å². The molecular formula is C3H3CuOTi. The van der Waals surface area contributed by atoms with Gasteiger partial charge in [-0.05, 0) is 0 Å². The van der Waals surface area contributed by atoms with Crippen molar-refractivity contribution in [1.82, 2.24) is 0 Å². The second kappa shape index (κ2) is 5.64. The van der Waals surface area contributed by atoms with Gasteiger partial charge in [0.05, 0.1) is 0 Å². The Morgan fingerprint density at radius 2 is 2.00 bits per heavy atom. The number of carbonyl (C=O) groups excluding carboxylic acids is 1. The van der Waals surface area contributed by atoms with Crippen LogP contribution in [0, 0.1) is 0 Å². The number of carbonyl (C=O) groups is 1. The molecule has 0 spiro atoms. The molecule has 0 aliphatic rings. The van der Waals surface area contributed by atoms with E-state index in [-0.39, 0.29) is 21.2 Å². The van der Waals surface area contributed by atoms with Gasteiger partial charge < -0.3 is 0 Å². The molecule has 0 saturated carbocycles. The van der Waals surface area contributed by atoms with Gasteiger partial charge in [-0.2, -0.15) is 0 Å². The van der Waals surface area contributed by atoms with Crippen LogP contribution in [0.2, 0.25) is 0 Å². The Balaban J connectivity index is 0. The van der Waals surface area contributed by atoms with E-state index in [0.29, 0.717) is 0 Å². The molecule has 0 saturated heterocycles. The number of hydrogen-bond acceptors (Lipinski definition) is 1. The summed E-state index contributed by atoms with van der Waals surface area (Å²) >= 11 is 1.47. The van der Waals surface area contributed by atoms with Crippen LogP contribution in [0.3, 0.4) is 0 Å². The minimum Gasteiger partial charge on any atom is 0 e. The molecular weight excluding hydrogens is 163 g/mol. The summed E-state index contributed by atoms with van der Waals surface area (Å²) in [6.07, 6.45) is 1.28. The average molecular weight is 166 g/mol. The molecule has 0 unspecified atom stereocenters. The van der Waals surface area contributed by atoms with E-state index in [9.17, 15) is 4.79 Å². The van der Waals surface area contributed by atoms with Gasteiger partial charge in [-0.25, -0.2) is 0 Å². The molecule has 0 aliphatic carbocycles. The predicted molar refractivity (Wildman–Crippen MR) is 15.2 cm³/mol. The molecule has 0 N–H and O–H groups in total. The predicted octanol–water partition coefficient (Wildman–Crippen LogP) is 0.243. The van der Waals surface area contributed by atoms with Gasteiger partial charge in [0, 0.05) is 17.1 Å². The van der Waals surface area contributed by atoms with Gasteiger partial charge in [-0.3, -0.25) is 0 Å². The van der Waals surface area contributed by atoms with Crippen molar-refractivity contribution in [2.45, 2.75) is 0 Å². The maximum atomic E-state index is 9.69. The first-order chi connectivity index (χ1) is 2.27. The molecule has 0 aromatic heterocycles. The zero-order valence-corrected chi connectivity index (χ0v) is 5.50. The zero-order valence-electron chi connectivity index (χ0n) is 2.99. The Morgan fingerprint density at radius 3 is 2.00 bits per heavy atom. The molecule has 0 atom stereocenters. The average Bonchev–Trinajstić information content (AvgIpc) is 1.38. The van der Waals surface area contributed by atoms with Crippen molar-refractivity contribution in [2.75, 3.05) is 0 Å². The summed E-state index contributed by atoms with van der Waals surface area (Å²) in [5, 5.41) is 0. The van der Waals surface area contributed by atoms with Gasteiger partial charge in [0.25, 0.3) is 0 Å². The Bertz CT molecular complexity index is 61.8. The third kappa shape index (κ3) is 8.82. The van der Waals surface area contributed by atoms with Crippen LogP contribution < -0.4 is 0 Å². The van der Waals surface area contributed by atoms with E-state index >= 15 is 0 Å². The molecule has 36 valence electrons. The Kier molecular flexibility index (Phi) is 9.23. The summed E-state index contributed by atoms with van der Waals surface area (Å²) in [5.41, 5.74) is 0. The van der Waals surface area contributed by atoms with Crippen LogP contribution in [0.15, 0.2) is 12.7 Å². The van der Waals surface area contributed by atoms with E-state index in [1.54, 1.807) is 0 Å². The van der Waals surface area contributed by atoms with E-state index in [0.717, 1.165) is 0 Å². The number of allylic oxidation sites excluding steroid dienone is 1. The normalized spacial score (nSPS) is 5.17. The second-order valence-electron chi connectivity index (χ2n) is 0.568. The summed E-state index contributed by atoms with van der Waals surface area (Å²) in [6.45, 7) is 3.21. The van der Waals surface area contributed by atoms with Crippen LogP contribution in [0.1, 0.15) is 0 Å². The van der Waals surface area contributed by atoms with E-state index in [2.05, 4.69) is 6.58 Å². The van der Waals surface area contributed by atoms with Crippen molar-refractivity contribution in [2.24, 2.45) is 0 Å². The van der Waals surface area contributed by atoms with Crippen LogP contribution in [0.25, 0.3) is 0 Å². The molecule has 0 heterocycles. The van der Waals surface area contributed by atoms with Crippen molar-refractivity contribution in [3.63, 3.8) is 0 Å². The molecule has 0 rings (SSSR count). The molecule has 0 aromatic carbocycles. The van der Waals surface area contributed by atoms with E-state index in [1.165, 1.54) is 26.5 Å². The van der Waals surface area contributed by atoms with E-state index in [4.69, 9.17) is 0 Å². The zero-order chi connectivity index (χ0) is 4.28. The first kappa shape index (κ1) is 9.81. The van der Waals surface area contributed by atoms with E-state index in [1.807, 2.05) is 0 Å². The smallest absolute Gasteiger partial charge is 0 e. The van der Waals surface area contributed by atoms with Crippen LogP contribution in [-0.2, 0) is 42.3 Å². The third-order valence-corrected chi connectivity index (χ3v) is 0.504. The molecule has 3 heteroatoms. The minimum absolute atomic E-state index is 0. The fourth-order valence-corrected chi connectivity index (χ4v) is 0. The standard InChI is InChI=1S/C3H3O.Cu.Ti/c1-2-3-4;;/h2H,1H2;;. The molecule has 1 nitrogen and oxygen atoms in total. The van der Waals surface area contributed by atoms with Crippen molar-refractivity contribution >= 4 is 4.09 Å². The molecule has 1 radical (unpaired) electrons. The summed E-state index contributed by atoms with van der Waals surface area (Å²) in [7, 11) is 0. The van der Waals surface area contributed by atoms with Crippen LogP contribution in [-0.4, -0.2) is 4.09 Å². The fraction of sp³-hybridized carbons (Fsp3) is 0. The summed E-state index contributed by atoms with van der Waals surface area (Å²) in [4.78, 5) is 9.69. The van der Waals surface area contributed by atoms with Crippen molar-refractivity contribution in [3.8, 4) is 0 Å². The van der Waals surface area contributed by atoms with Crippen molar-refractivity contribution in [1.29, 1.82) is 0 Å². The van der Waals surface area contributed by atoms with Gasteiger partial charge in [0.2, 0.25) is 0 Å². The molecule has 0 bridgehead atoms. The van der Waals surface area contributed by atoms with Crippen LogP contribution in [0.4, 0.5) is 0 Å². The number of rotatable bonds is 1. The molecule has 6 heavy (non-hydrogen) atoms. The Morgan fingerprint density at radius 1 is 1.83 bits per heavy atom. The van der Waals surface area contributed by atoms with Crippen molar-refractivity contribution < 1.29 is 42.3 Å². The molecule has 0 aromatic rings. The molecule has 0 aliphatic heterocycles. The van der Waals surface area contributed by atoms with Crippen LogP contribution in [0.5, 0.6) is 0 Å². The Labute approximate surface area is 59.1 Å². The minimum atomic E-state index is 0. The second-order valence-corrected chi connectivity index (χ2v) is 1.34. The summed E-state index contributed by atoms with van der Waals surface area (Å²) < 4.78 is 0.0185. The largest absolute Gasteiger partial charge is 0 e. The maximum absolute atomic E-state index is 9.69. The quantitative estimate of drug-likeness (QED) is 0.403. The van der Waals surface area contributed by atoms with Gasteiger partial charge in [-0.1, -0.05) is 0 Å². The Hall–Kier alpha value is 0.644. The maximum Gasteiger partial charge on any atom is 0 e. The first-order valence-electron chi connectivity index (χ1n) is 1.15. The number of hydrogen-bond donors (Lipinski definition) is 0. The summed E-state index contributed by atoms with van der Waals surface area (Å²) in [6, 6.07) is 0. The molecule has 0 amide bonds. The topological polar surface area (TPSA) is 17.1 Å². The molecule has 0 fully saturated rings. The van der Waals surface area contributed by atoms with Gasteiger partial charge in [0.15, 0.2) is 0 Å². The monoisotopic (exact) mass is 166 g/mol. The third-order valence-electron chi connectivity index (χ3n) is 0.185. The van der Waals surface area contributed by atoms with Gasteiger partial charge in [0.1, 0.15) is 0 Å². The van der Waals surface area contributed by atoms with E-state index < -0.39 is 0 Å².